The summed E-state index contributed by atoms with van der Waals surface area (Å²) in [5.74, 6) is -0.00432. The van der Waals surface area contributed by atoms with Crippen LogP contribution in [0.4, 0.5) is 0 Å². The first-order chi connectivity index (χ1) is 9.06. The second-order valence-corrected chi connectivity index (χ2v) is 4.65. The summed E-state index contributed by atoms with van der Waals surface area (Å²) in [5, 5.41) is 0. The molecule has 1 heterocycles. The summed E-state index contributed by atoms with van der Waals surface area (Å²) < 4.78 is 2.24. The molecule has 0 saturated heterocycles. The lowest BCUT2D eigenvalue weighted by Gasteiger charge is -2.05. The fraction of sp³-hybridized carbons (Fsp3) is 0.143. The Bertz CT molecular complexity index is 667. The molecule has 98 valence electrons. The van der Waals surface area contributed by atoms with Crippen molar-refractivity contribution < 1.29 is 4.79 Å². The Morgan fingerprint density at radius 3 is 2.63 bits per heavy atom. The van der Waals surface area contributed by atoms with Crippen LogP contribution in [0.3, 0.4) is 0 Å². The molecular formula is C14H15N3OS. The molecule has 0 fully saturated rings. The Morgan fingerprint density at radius 2 is 2.00 bits per heavy atom. The van der Waals surface area contributed by atoms with Gasteiger partial charge in [0.05, 0.1) is 11.9 Å². The lowest BCUT2D eigenvalue weighted by molar-refractivity contribution is -0.112. The van der Waals surface area contributed by atoms with Gasteiger partial charge in [-0.05, 0) is 31.6 Å². The number of carbonyl (C=O) groups excluding carboxylic acids is 1. The van der Waals surface area contributed by atoms with Gasteiger partial charge in [0.1, 0.15) is 0 Å². The number of benzene rings is 1. The predicted molar refractivity (Wildman–Crippen MR) is 78.9 cm³/mol. The number of aromatic amines is 1. The fourth-order valence-corrected chi connectivity index (χ4v) is 1.98. The topological polar surface area (TPSA) is 49.8 Å². The van der Waals surface area contributed by atoms with E-state index in [9.17, 15) is 4.79 Å². The molecule has 0 unspecified atom stereocenters. The first-order valence-electron chi connectivity index (χ1n) is 5.89. The summed E-state index contributed by atoms with van der Waals surface area (Å²) in [5.41, 5.74) is 5.77. The number of hydrogen-bond acceptors (Lipinski definition) is 3. The molecule has 4 nitrogen and oxygen atoms in total. The summed E-state index contributed by atoms with van der Waals surface area (Å²) in [7, 11) is 0. The van der Waals surface area contributed by atoms with Gasteiger partial charge in [-0.1, -0.05) is 30.3 Å². The van der Waals surface area contributed by atoms with Gasteiger partial charge in [0.15, 0.2) is 10.6 Å². The Balaban J connectivity index is 2.28. The number of carbonyl (C=O) groups is 1. The summed E-state index contributed by atoms with van der Waals surface area (Å²) in [6, 6.07) is 9.91. The van der Waals surface area contributed by atoms with E-state index in [1.807, 2.05) is 43.5 Å². The second-order valence-electron chi connectivity index (χ2n) is 4.26. The Morgan fingerprint density at radius 1 is 1.32 bits per heavy atom. The van der Waals surface area contributed by atoms with Gasteiger partial charge in [-0.2, -0.15) is 0 Å². The zero-order valence-corrected chi connectivity index (χ0v) is 11.6. The van der Waals surface area contributed by atoms with E-state index in [0.717, 1.165) is 17.0 Å². The van der Waals surface area contributed by atoms with E-state index < -0.39 is 0 Å². The maximum atomic E-state index is 11.0. The van der Waals surface area contributed by atoms with E-state index in [-0.39, 0.29) is 5.78 Å². The van der Waals surface area contributed by atoms with Crippen molar-refractivity contribution in [3.63, 3.8) is 0 Å². The first-order valence-corrected chi connectivity index (χ1v) is 6.30. The third kappa shape index (κ3) is 3.42. The lowest BCUT2D eigenvalue weighted by Crippen LogP contribution is -2.12. The molecule has 0 radical (unpaired) electrons. The van der Waals surface area contributed by atoms with E-state index in [2.05, 4.69) is 10.4 Å². The second kappa shape index (κ2) is 5.67. The van der Waals surface area contributed by atoms with E-state index in [1.54, 1.807) is 4.68 Å². The van der Waals surface area contributed by atoms with Crippen LogP contribution in [0, 0.1) is 4.77 Å². The average molecular weight is 273 g/mol. The highest BCUT2D eigenvalue weighted by atomic mass is 32.1. The molecule has 2 aromatic rings. The van der Waals surface area contributed by atoms with Gasteiger partial charge >= 0.3 is 0 Å². The number of nitrogens with zero attached hydrogens (tertiary/aromatic N) is 1. The zero-order chi connectivity index (χ0) is 13.8. The van der Waals surface area contributed by atoms with Crippen molar-refractivity contribution in [2.24, 2.45) is 0 Å². The van der Waals surface area contributed by atoms with Gasteiger partial charge in [0, 0.05) is 11.8 Å². The monoisotopic (exact) mass is 273 g/mol. The Labute approximate surface area is 116 Å². The van der Waals surface area contributed by atoms with Crippen LogP contribution in [0.2, 0.25) is 0 Å². The highest BCUT2D eigenvalue weighted by Crippen LogP contribution is 2.16. The number of allylic oxidation sites excluding steroid dienone is 2. The molecule has 0 aliphatic carbocycles. The lowest BCUT2D eigenvalue weighted by atomic mass is 10.2. The molecule has 0 spiro atoms. The van der Waals surface area contributed by atoms with Crippen LogP contribution in [-0.2, 0) is 4.79 Å². The summed E-state index contributed by atoms with van der Waals surface area (Å²) >= 11 is 5.24. The molecule has 1 aromatic heterocycles. The number of imidazole rings is 1. The van der Waals surface area contributed by atoms with Gasteiger partial charge < -0.3 is 4.98 Å². The van der Waals surface area contributed by atoms with Gasteiger partial charge in [-0.25, -0.2) is 4.68 Å². The van der Waals surface area contributed by atoms with Crippen LogP contribution < -0.4 is 5.43 Å². The van der Waals surface area contributed by atoms with E-state index in [1.165, 1.54) is 13.0 Å². The first kappa shape index (κ1) is 13.3. The van der Waals surface area contributed by atoms with E-state index >= 15 is 0 Å². The van der Waals surface area contributed by atoms with Crippen LogP contribution >= 0.6 is 12.2 Å². The standard InChI is InChI=1S/C14H15N3OS/c1-10(8-11(2)18)16-17-9-13(15-14(17)19)12-6-4-3-5-7-12/h3-9,16H,1-2H3,(H,15,19)/b10-8+. The maximum Gasteiger partial charge on any atom is 0.196 e. The summed E-state index contributed by atoms with van der Waals surface area (Å²) in [4.78, 5) is 14.1. The molecule has 0 atom stereocenters. The molecule has 5 heteroatoms. The van der Waals surface area contributed by atoms with Gasteiger partial charge in [-0.15, -0.1) is 0 Å². The number of ketones is 1. The quantitative estimate of drug-likeness (QED) is 0.664. The van der Waals surface area contributed by atoms with Crippen molar-refractivity contribution in [3.05, 3.63) is 53.1 Å². The highest BCUT2D eigenvalue weighted by Gasteiger charge is 2.02. The van der Waals surface area contributed by atoms with Crippen LogP contribution in [0.5, 0.6) is 0 Å². The molecule has 0 amide bonds. The van der Waals surface area contributed by atoms with E-state index in [0.29, 0.717) is 4.77 Å². The summed E-state index contributed by atoms with van der Waals surface area (Å²) in [6.45, 7) is 3.33. The molecule has 0 bridgehead atoms. The van der Waals surface area contributed by atoms with Crippen LogP contribution in [0.15, 0.2) is 48.3 Å². The molecule has 19 heavy (non-hydrogen) atoms. The SMILES string of the molecule is CC(=O)/C=C(\C)Nn1cc(-c2ccccc2)[nH]c1=S. The number of H-pyrrole nitrogens is 1. The Kier molecular flexibility index (Phi) is 3.97. The van der Waals surface area contributed by atoms with Crippen molar-refractivity contribution in [1.82, 2.24) is 9.66 Å². The van der Waals surface area contributed by atoms with Crippen LogP contribution in [0.25, 0.3) is 11.3 Å². The van der Waals surface area contributed by atoms with E-state index in [4.69, 9.17) is 12.2 Å². The van der Waals surface area contributed by atoms with Crippen molar-refractivity contribution in [2.45, 2.75) is 13.8 Å². The molecule has 0 aliphatic rings. The zero-order valence-electron chi connectivity index (χ0n) is 10.8. The van der Waals surface area contributed by atoms with Crippen molar-refractivity contribution in [2.75, 3.05) is 5.43 Å². The third-order valence-electron chi connectivity index (χ3n) is 2.52. The van der Waals surface area contributed by atoms with Gasteiger partial charge in [-0.3, -0.25) is 10.2 Å². The van der Waals surface area contributed by atoms with Gasteiger partial charge in [0.2, 0.25) is 0 Å². The molecule has 1 aromatic carbocycles. The Hall–Kier alpha value is -2.14. The minimum Gasteiger partial charge on any atom is -0.329 e. The predicted octanol–water partition coefficient (Wildman–Crippen LogP) is 3.25. The molecule has 0 saturated carbocycles. The van der Waals surface area contributed by atoms with Crippen molar-refractivity contribution in [3.8, 4) is 11.3 Å². The number of hydrogen-bond donors (Lipinski definition) is 2. The van der Waals surface area contributed by atoms with Crippen molar-refractivity contribution >= 4 is 18.0 Å². The number of rotatable bonds is 4. The highest BCUT2D eigenvalue weighted by molar-refractivity contribution is 7.71. The maximum absolute atomic E-state index is 11.0. The minimum atomic E-state index is -0.00432. The smallest absolute Gasteiger partial charge is 0.196 e. The largest absolute Gasteiger partial charge is 0.329 e. The third-order valence-corrected chi connectivity index (χ3v) is 2.82. The molecular weight excluding hydrogens is 258 g/mol. The van der Waals surface area contributed by atoms with Crippen LogP contribution in [-0.4, -0.2) is 15.4 Å². The average Bonchev–Trinajstić information content (AvgIpc) is 2.71. The molecule has 2 N–H and O–H groups in total. The summed E-state index contributed by atoms with van der Waals surface area (Å²) in [6.07, 6.45) is 3.39. The minimum absolute atomic E-state index is 0.00432. The molecule has 0 aliphatic heterocycles. The normalized spacial score (nSPS) is 11.4. The van der Waals surface area contributed by atoms with Gasteiger partial charge in [0.25, 0.3) is 0 Å². The van der Waals surface area contributed by atoms with Crippen molar-refractivity contribution in [1.29, 1.82) is 0 Å². The number of aromatic nitrogens is 2. The fourth-order valence-electron chi connectivity index (χ4n) is 1.77. The number of nitrogens with one attached hydrogen (secondary N) is 2. The molecule has 2 rings (SSSR count). The van der Waals surface area contributed by atoms with Crippen LogP contribution in [0.1, 0.15) is 13.8 Å².